The lowest BCUT2D eigenvalue weighted by molar-refractivity contribution is 0.103. The van der Waals surface area contributed by atoms with Gasteiger partial charge in [-0.25, -0.2) is 0 Å². The molecule has 16 heavy (non-hydrogen) atoms. The Morgan fingerprint density at radius 3 is 2.19 bits per heavy atom. The maximum atomic E-state index is 5.17. The van der Waals surface area contributed by atoms with Gasteiger partial charge in [-0.3, -0.25) is 4.90 Å². The van der Waals surface area contributed by atoms with Crippen LogP contribution in [0.4, 0.5) is 0 Å². The Labute approximate surface area is 102 Å². The van der Waals surface area contributed by atoms with Crippen molar-refractivity contribution in [2.75, 3.05) is 33.4 Å². The molecule has 3 heteroatoms. The maximum Gasteiger partial charge on any atom is 0.0589 e. The summed E-state index contributed by atoms with van der Waals surface area (Å²) in [6, 6.07) is 1.16. The van der Waals surface area contributed by atoms with Crippen LogP contribution in [0.25, 0.3) is 0 Å². The van der Waals surface area contributed by atoms with Crippen LogP contribution in [0.15, 0.2) is 0 Å². The Morgan fingerprint density at radius 2 is 1.81 bits per heavy atom. The first-order valence-electron chi connectivity index (χ1n) is 6.49. The third-order valence-electron chi connectivity index (χ3n) is 2.96. The molecule has 0 bridgehead atoms. The molecule has 0 rings (SSSR count). The lowest BCUT2D eigenvalue weighted by Crippen LogP contribution is -2.48. The smallest absolute Gasteiger partial charge is 0.0589 e. The molecule has 98 valence electrons. The fourth-order valence-electron chi connectivity index (χ4n) is 1.91. The average molecular weight is 230 g/mol. The van der Waals surface area contributed by atoms with Gasteiger partial charge in [0.25, 0.3) is 0 Å². The van der Waals surface area contributed by atoms with Crippen molar-refractivity contribution in [1.29, 1.82) is 0 Å². The van der Waals surface area contributed by atoms with Crippen molar-refractivity contribution in [2.24, 2.45) is 5.92 Å². The molecule has 0 aromatic rings. The summed E-state index contributed by atoms with van der Waals surface area (Å²) in [4.78, 5) is 2.50. The first kappa shape index (κ1) is 15.9. The molecule has 0 saturated carbocycles. The Bertz CT molecular complexity index is 160. The molecule has 0 fully saturated rings. The summed E-state index contributed by atoms with van der Waals surface area (Å²) in [5, 5.41) is 3.54. The molecule has 0 aromatic heterocycles. The second-order valence-corrected chi connectivity index (χ2v) is 5.00. The molecule has 3 nitrogen and oxygen atoms in total. The summed E-state index contributed by atoms with van der Waals surface area (Å²) < 4.78 is 5.17. The van der Waals surface area contributed by atoms with Gasteiger partial charge in [0.1, 0.15) is 0 Å². The lowest BCUT2D eigenvalue weighted by Gasteiger charge is -2.34. The van der Waals surface area contributed by atoms with Crippen LogP contribution in [-0.4, -0.2) is 50.3 Å². The molecule has 0 aliphatic rings. The predicted molar refractivity (Wildman–Crippen MR) is 70.9 cm³/mol. The minimum absolute atomic E-state index is 0.558. The second-order valence-electron chi connectivity index (χ2n) is 5.00. The zero-order chi connectivity index (χ0) is 12.6. The number of likely N-dealkylation sites (N-methyl/N-ethyl adjacent to an activating group) is 1. The highest BCUT2D eigenvalue weighted by Gasteiger charge is 2.20. The zero-order valence-corrected chi connectivity index (χ0v) is 11.9. The lowest BCUT2D eigenvalue weighted by atomic mass is 10.0. The van der Waals surface area contributed by atoms with E-state index in [0.717, 1.165) is 26.2 Å². The number of rotatable bonds is 9. The quantitative estimate of drug-likeness (QED) is 0.655. The molecule has 0 aliphatic heterocycles. The Kier molecular flexibility index (Phi) is 8.90. The van der Waals surface area contributed by atoms with Gasteiger partial charge >= 0.3 is 0 Å². The van der Waals surface area contributed by atoms with Crippen molar-refractivity contribution >= 4 is 0 Å². The highest BCUT2D eigenvalue weighted by molar-refractivity contribution is 4.77. The molecule has 0 aromatic carbocycles. The fraction of sp³-hybridized carbons (Fsp3) is 1.00. The minimum Gasteiger partial charge on any atom is -0.383 e. The van der Waals surface area contributed by atoms with E-state index in [0.29, 0.717) is 18.0 Å². The first-order chi connectivity index (χ1) is 7.52. The van der Waals surface area contributed by atoms with E-state index in [-0.39, 0.29) is 0 Å². The van der Waals surface area contributed by atoms with Gasteiger partial charge < -0.3 is 10.1 Å². The number of hydrogen-bond acceptors (Lipinski definition) is 3. The van der Waals surface area contributed by atoms with E-state index in [1.807, 2.05) is 0 Å². The molecule has 1 unspecified atom stereocenters. The van der Waals surface area contributed by atoms with Gasteiger partial charge in [0, 0.05) is 32.3 Å². The van der Waals surface area contributed by atoms with Crippen LogP contribution in [0.3, 0.4) is 0 Å². The zero-order valence-electron chi connectivity index (χ0n) is 11.9. The Balaban J connectivity index is 4.23. The maximum absolute atomic E-state index is 5.17. The SMILES string of the molecule is CCN(CCOC)C(CNC(C)C)C(C)C. The Morgan fingerprint density at radius 1 is 1.19 bits per heavy atom. The molecule has 1 N–H and O–H groups in total. The molecule has 0 heterocycles. The monoisotopic (exact) mass is 230 g/mol. The van der Waals surface area contributed by atoms with Crippen LogP contribution < -0.4 is 5.32 Å². The number of nitrogens with one attached hydrogen (secondary N) is 1. The third kappa shape index (κ3) is 6.46. The van der Waals surface area contributed by atoms with Gasteiger partial charge in [-0.15, -0.1) is 0 Å². The fourth-order valence-corrected chi connectivity index (χ4v) is 1.91. The van der Waals surface area contributed by atoms with Crippen LogP contribution in [-0.2, 0) is 4.74 Å². The highest BCUT2D eigenvalue weighted by Crippen LogP contribution is 2.10. The van der Waals surface area contributed by atoms with Gasteiger partial charge in [-0.1, -0.05) is 34.6 Å². The van der Waals surface area contributed by atoms with Gasteiger partial charge in [0.15, 0.2) is 0 Å². The normalized spacial score (nSPS) is 14.1. The molecule has 0 aliphatic carbocycles. The summed E-state index contributed by atoms with van der Waals surface area (Å²) in [5.74, 6) is 0.669. The van der Waals surface area contributed by atoms with E-state index in [1.165, 1.54) is 0 Å². The summed E-state index contributed by atoms with van der Waals surface area (Å²) in [7, 11) is 1.77. The molecular formula is C13H30N2O. The van der Waals surface area contributed by atoms with E-state index >= 15 is 0 Å². The van der Waals surface area contributed by atoms with Crippen molar-refractivity contribution in [3.8, 4) is 0 Å². The standard InChI is InChI=1S/C13H30N2O/c1-7-15(8-9-16-6)13(11(2)3)10-14-12(4)5/h11-14H,7-10H2,1-6H3. The molecule has 0 saturated heterocycles. The molecule has 0 amide bonds. The van der Waals surface area contributed by atoms with Crippen molar-refractivity contribution in [3.05, 3.63) is 0 Å². The van der Waals surface area contributed by atoms with Crippen LogP contribution in [0.1, 0.15) is 34.6 Å². The third-order valence-corrected chi connectivity index (χ3v) is 2.96. The van der Waals surface area contributed by atoms with Gasteiger partial charge in [-0.2, -0.15) is 0 Å². The number of hydrogen-bond donors (Lipinski definition) is 1. The van der Waals surface area contributed by atoms with Crippen molar-refractivity contribution in [1.82, 2.24) is 10.2 Å². The van der Waals surface area contributed by atoms with Crippen molar-refractivity contribution < 1.29 is 4.74 Å². The molecular weight excluding hydrogens is 200 g/mol. The number of nitrogens with zero attached hydrogens (tertiary/aromatic N) is 1. The largest absolute Gasteiger partial charge is 0.383 e. The predicted octanol–water partition coefficient (Wildman–Crippen LogP) is 1.98. The second kappa shape index (κ2) is 8.97. The number of ether oxygens (including phenoxy) is 1. The summed E-state index contributed by atoms with van der Waals surface area (Å²) >= 11 is 0. The van der Waals surface area contributed by atoms with Crippen LogP contribution in [0.5, 0.6) is 0 Å². The van der Waals surface area contributed by atoms with E-state index in [2.05, 4.69) is 44.8 Å². The van der Waals surface area contributed by atoms with Gasteiger partial charge in [0.05, 0.1) is 6.61 Å². The minimum atomic E-state index is 0.558. The number of methoxy groups -OCH3 is 1. The van der Waals surface area contributed by atoms with E-state index in [9.17, 15) is 0 Å². The summed E-state index contributed by atoms with van der Waals surface area (Å²) in [5.41, 5.74) is 0. The van der Waals surface area contributed by atoms with Crippen LogP contribution in [0, 0.1) is 5.92 Å². The van der Waals surface area contributed by atoms with E-state index < -0.39 is 0 Å². The van der Waals surface area contributed by atoms with E-state index in [4.69, 9.17) is 4.74 Å². The Hall–Kier alpha value is -0.120. The topological polar surface area (TPSA) is 24.5 Å². The van der Waals surface area contributed by atoms with Crippen LogP contribution >= 0.6 is 0 Å². The molecule has 1 atom stereocenters. The van der Waals surface area contributed by atoms with Crippen molar-refractivity contribution in [2.45, 2.75) is 46.7 Å². The average Bonchev–Trinajstić information content (AvgIpc) is 2.21. The summed E-state index contributed by atoms with van der Waals surface area (Å²) in [6.45, 7) is 15.2. The first-order valence-corrected chi connectivity index (χ1v) is 6.49. The van der Waals surface area contributed by atoms with Crippen LogP contribution in [0.2, 0.25) is 0 Å². The highest BCUT2D eigenvalue weighted by atomic mass is 16.5. The van der Waals surface area contributed by atoms with Gasteiger partial charge in [-0.05, 0) is 12.5 Å². The summed E-state index contributed by atoms with van der Waals surface area (Å²) in [6.07, 6.45) is 0. The molecule has 0 spiro atoms. The van der Waals surface area contributed by atoms with E-state index in [1.54, 1.807) is 7.11 Å². The van der Waals surface area contributed by atoms with Crippen molar-refractivity contribution in [3.63, 3.8) is 0 Å². The van der Waals surface area contributed by atoms with Gasteiger partial charge in [0.2, 0.25) is 0 Å². The molecule has 0 radical (unpaired) electrons.